The minimum absolute atomic E-state index is 0.285. The maximum Gasteiger partial charge on any atom is 0.335 e. The highest BCUT2D eigenvalue weighted by Crippen LogP contribution is 2.19. The van der Waals surface area contributed by atoms with E-state index in [1.54, 1.807) is 18.2 Å². The van der Waals surface area contributed by atoms with E-state index in [0.717, 1.165) is 24.2 Å². The fourth-order valence-corrected chi connectivity index (χ4v) is 1.91. The van der Waals surface area contributed by atoms with Crippen LogP contribution in [0.15, 0.2) is 41.5 Å². The lowest BCUT2D eigenvalue weighted by Crippen LogP contribution is -2.00. The number of carboxylic acids is 1. The number of carbonyl (C=O) groups is 1. The molecule has 0 aromatic heterocycles. The molecule has 1 rings (SSSR count). The summed E-state index contributed by atoms with van der Waals surface area (Å²) in [5, 5.41) is 8.92. The van der Waals surface area contributed by atoms with Gasteiger partial charge in [-0.1, -0.05) is 17.2 Å². The average Bonchev–Trinajstić information content (AvgIpc) is 2.40. The molecule has 21 heavy (non-hydrogen) atoms. The van der Waals surface area contributed by atoms with Crippen molar-refractivity contribution in [1.82, 2.24) is 0 Å². The van der Waals surface area contributed by atoms with E-state index in [1.165, 1.54) is 11.1 Å². The van der Waals surface area contributed by atoms with E-state index in [4.69, 9.17) is 9.84 Å². The van der Waals surface area contributed by atoms with Crippen LogP contribution in [0.25, 0.3) is 0 Å². The quantitative estimate of drug-likeness (QED) is 0.735. The van der Waals surface area contributed by atoms with E-state index >= 15 is 0 Å². The molecule has 3 nitrogen and oxygen atoms in total. The van der Waals surface area contributed by atoms with Crippen molar-refractivity contribution in [3.05, 3.63) is 52.6 Å². The number of aryl methyl sites for hydroxylation is 1. The highest BCUT2D eigenvalue weighted by molar-refractivity contribution is 5.88. The van der Waals surface area contributed by atoms with Gasteiger partial charge in [0.15, 0.2) is 0 Å². The van der Waals surface area contributed by atoms with Crippen molar-refractivity contribution >= 4 is 5.97 Å². The molecule has 0 saturated carbocycles. The van der Waals surface area contributed by atoms with Gasteiger partial charge in [-0.25, -0.2) is 4.79 Å². The summed E-state index contributed by atoms with van der Waals surface area (Å²) in [6.45, 7) is 8.67. The van der Waals surface area contributed by atoms with Crippen LogP contribution in [0.2, 0.25) is 0 Å². The molecule has 0 bridgehead atoms. The minimum atomic E-state index is -0.917. The van der Waals surface area contributed by atoms with Crippen molar-refractivity contribution in [3.63, 3.8) is 0 Å². The second-order valence-electron chi connectivity index (χ2n) is 5.47. The Bertz CT molecular complexity index is 550. The lowest BCUT2D eigenvalue weighted by atomic mass is 10.1. The summed E-state index contributed by atoms with van der Waals surface area (Å²) in [6, 6.07) is 4.91. The van der Waals surface area contributed by atoms with E-state index in [-0.39, 0.29) is 5.56 Å². The Morgan fingerprint density at radius 2 is 1.95 bits per heavy atom. The van der Waals surface area contributed by atoms with Gasteiger partial charge in [0.2, 0.25) is 0 Å². The van der Waals surface area contributed by atoms with E-state index < -0.39 is 5.97 Å². The number of aromatic carboxylic acids is 1. The smallest absolute Gasteiger partial charge is 0.335 e. The zero-order valence-corrected chi connectivity index (χ0v) is 13.3. The predicted molar refractivity (Wildman–Crippen MR) is 86.1 cm³/mol. The second-order valence-corrected chi connectivity index (χ2v) is 5.47. The Balaban J connectivity index is 2.52. The average molecular weight is 288 g/mol. The Labute approximate surface area is 127 Å². The molecule has 114 valence electrons. The van der Waals surface area contributed by atoms with Crippen molar-refractivity contribution in [2.24, 2.45) is 0 Å². The summed E-state index contributed by atoms with van der Waals surface area (Å²) in [4.78, 5) is 10.9. The van der Waals surface area contributed by atoms with Crippen LogP contribution in [-0.4, -0.2) is 17.7 Å². The van der Waals surface area contributed by atoms with Crippen LogP contribution in [0.5, 0.6) is 5.75 Å². The summed E-state index contributed by atoms with van der Waals surface area (Å²) in [7, 11) is 0. The monoisotopic (exact) mass is 288 g/mol. The molecular weight excluding hydrogens is 264 g/mol. The van der Waals surface area contributed by atoms with Crippen LogP contribution in [0, 0.1) is 6.92 Å². The van der Waals surface area contributed by atoms with Gasteiger partial charge < -0.3 is 9.84 Å². The normalized spacial score (nSPS) is 11.1. The van der Waals surface area contributed by atoms with Crippen LogP contribution in [-0.2, 0) is 0 Å². The first kappa shape index (κ1) is 17.0. The van der Waals surface area contributed by atoms with Crippen molar-refractivity contribution in [3.8, 4) is 5.75 Å². The van der Waals surface area contributed by atoms with E-state index in [9.17, 15) is 4.79 Å². The molecule has 3 heteroatoms. The standard InChI is InChI=1S/C18H24O3/c1-13(2)6-5-7-14(3)10-11-21-17-9-8-16(18(19)20)12-15(17)4/h6,8-10,12H,5,7,11H2,1-4H3,(H,19,20). The molecule has 0 radical (unpaired) electrons. The molecule has 1 N–H and O–H groups in total. The summed E-state index contributed by atoms with van der Waals surface area (Å²) >= 11 is 0. The lowest BCUT2D eigenvalue weighted by molar-refractivity contribution is 0.0696. The Hall–Kier alpha value is -2.03. The van der Waals surface area contributed by atoms with Crippen molar-refractivity contribution in [1.29, 1.82) is 0 Å². The molecule has 0 fully saturated rings. The maximum atomic E-state index is 10.9. The maximum absolute atomic E-state index is 10.9. The molecule has 1 aromatic rings. The zero-order valence-electron chi connectivity index (χ0n) is 13.3. The molecule has 0 aliphatic heterocycles. The predicted octanol–water partition coefficient (Wildman–Crippen LogP) is 4.76. The number of hydrogen-bond acceptors (Lipinski definition) is 2. The molecule has 0 heterocycles. The third kappa shape index (κ3) is 6.30. The van der Waals surface area contributed by atoms with Crippen LogP contribution in [0.3, 0.4) is 0 Å². The first-order chi connectivity index (χ1) is 9.90. The van der Waals surface area contributed by atoms with E-state index in [2.05, 4.69) is 32.9 Å². The van der Waals surface area contributed by atoms with Gasteiger partial charge in [-0.15, -0.1) is 0 Å². The van der Waals surface area contributed by atoms with Gasteiger partial charge in [-0.2, -0.15) is 0 Å². The fraction of sp³-hybridized carbons (Fsp3) is 0.389. The molecule has 0 spiro atoms. The molecule has 0 atom stereocenters. The molecule has 0 saturated heterocycles. The summed E-state index contributed by atoms with van der Waals surface area (Å²) < 4.78 is 5.68. The van der Waals surface area contributed by atoms with Crippen LogP contribution in [0.1, 0.15) is 49.5 Å². The molecule has 1 aromatic carbocycles. The van der Waals surface area contributed by atoms with Gasteiger partial charge in [0, 0.05) is 0 Å². The van der Waals surface area contributed by atoms with Crippen LogP contribution in [0.4, 0.5) is 0 Å². The summed E-state index contributed by atoms with van der Waals surface area (Å²) in [6.07, 6.45) is 6.39. The lowest BCUT2D eigenvalue weighted by Gasteiger charge is -2.08. The van der Waals surface area contributed by atoms with Gasteiger partial charge in [0.1, 0.15) is 12.4 Å². The summed E-state index contributed by atoms with van der Waals surface area (Å²) in [5.74, 6) is -0.187. The van der Waals surface area contributed by atoms with Gasteiger partial charge in [-0.3, -0.25) is 0 Å². The molecular formula is C18H24O3. The van der Waals surface area contributed by atoms with E-state index in [1.807, 2.05) is 6.92 Å². The number of allylic oxidation sites excluding steroid dienone is 3. The third-order valence-corrected chi connectivity index (χ3v) is 3.18. The van der Waals surface area contributed by atoms with Crippen LogP contribution >= 0.6 is 0 Å². The SMILES string of the molecule is CC(C)=CCCC(C)=CCOc1ccc(C(=O)O)cc1C. The number of ether oxygens (including phenoxy) is 1. The molecule has 0 amide bonds. The van der Waals surface area contributed by atoms with Gasteiger partial charge in [0.05, 0.1) is 5.56 Å². The van der Waals surface area contributed by atoms with Gasteiger partial charge in [0.25, 0.3) is 0 Å². The van der Waals surface area contributed by atoms with Crippen molar-refractivity contribution in [2.45, 2.75) is 40.5 Å². The highest BCUT2D eigenvalue weighted by Gasteiger charge is 2.05. The van der Waals surface area contributed by atoms with Crippen LogP contribution < -0.4 is 4.74 Å². The van der Waals surface area contributed by atoms with Crippen molar-refractivity contribution < 1.29 is 14.6 Å². The molecule has 0 unspecified atom stereocenters. The molecule has 0 aliphatic carbocycles. The van der Waals surface area contributed by atoms with Gasteiger partial charge >= 0.3 is 5.97 Å². The van der Waals surface area contributed by atoms with Crippen molar-refractivity contribution in [2.75, 3.05) is 6.61 Å². The number of carboxylic acid groups (broad SMARTS) is 1. The Kier molecular flexibility index (Phi) is 6.73. The fourth-order valence-electron chi connectivity index (χ4n) is 1.91. The Morgan fingerprint density at radius 3 is 2.52 bits per heavy atom. The first-order valence-electron chi connectivity index (χ1n) is 7.16. The topological polar surface area (TPSA) is 46.5 Å². The third-order valence-electron chi connectivity index (χ3n) is 3.18. The Morgan fingerprint density at radius 1 is 1.24 bits per heavy atom. The largest absolute Gasteiger partial charge is 0.489 e. The second kappa shape index (κ2) is 8.30. The van der Waals surface area contributed by atoms with E-state index in [0.29, 0.717) is 6.61 Å². The summed E-state index contributed by atoms with van der Waals surface area (Å²) in [5.41, 5.74) is 3.76. The number of rotatable bonds is 7. The zero-order chi connectivity index (χ0) is 15.8. The first-order valence-corrected chi connectivity index (χ1v) is 7.16. The van der Waals surface area contributed by atoms with Gasteiger partial charge in [-0.05, 0) is 70.4 Å². The minimum Gasteiger partial charge on any atom is -0.489 e. The highest BCUT2D eigenvalue weighted by atomic mass is 16.5. The molecule has 0 aliphatic rings. The number of hydrogen-bond donors (Lipinski definition) is 1. The number of benzene rings is 1.